The number of nitrogens with zero attached hydrogens (tertiary/aromatic N) is 6. The summed E-state index contributed by atoms with van der Waals surface area (Å²) in [4.78, 5) is 169. The fraction of sp³-hybridized carbons (Fsp3) is 0.800. The summed E-state index contributed by atoms with van der Waals surface area (Å²) in [5.41, 5.74) is 0. The topological polar surface area (TPSA) is 276 Å². The number of amides is 10. The van der Waals surface area contributed by atoms with Crippen molar-refractivity contribution in [2.45, 2.75) is 236 Å². The fourth-order valence-corrected chi connectivity index (χ4v) is 11.5. The molecule has 0 saturated carbocycles. The number of rotatable bonds is 17. The van der Waals surface area contributed by atoms with E-state index >= 15 is 14.4 Å². The molecule has 1 aliphatic rings. The molecule has 0 aliphatic carbocycles. The minimum absolute atomic E-state index is 0.102. The lowest BCUT2D eigenvalue weighted by atomic mass is 9.78. The van der Waals surface area contributed by atoms with Gasteiger partial charge in [-0.25, -0.2) is 0 Å². The first-order valence-electron chi connectivity index (χ1n) is 31.8. The molecule has 22 heteroatoms. The van der Waals surface area contributed by atoms with Crippen molar-refractivity contribution in [3.05, 3.63) is 12.2 Å². The Labute approximate surface area is 522 Å². The second-order valence-electron chi connectivity index (χ2n) is 27.1. The molecule has 10 amide bonds. The number of likely N-dealkylation sites (N-methyl/N-ethyl adjacent to an activating group) is 6. The van der Waals surface area contributed by atoms with Gasteiger partial charge in [-0.15, -0.1) is 0 Å². The van der Waals surface area contributed by atoms with Crippen LogP contribution in [0.15, 0.2) is 12.2 Å². The fourth-order valence-electron chi connectivity index (χ4n) is 11.5. The summed E-state index contributed by atoms with van der Waals surface area (Å²) in [7, 11) is 8.61. The average Bonchev–Trinajstić information content (AvgIpc) is 3.44. The van der Waals surface area contributed by atoms with Crippen molar-refractivity contribution < 1.29 is 57.8 Å². The van der Waals surface area contributed by atoms with E-state index in [9.17, 15) is 43.5 Å². The predicted octanol–water partition coefficient (Wildman–Crippen LogP) is 5.04. The standard InChI is InChI=1S/C65H116N10O12/c1-25-27-29-42(15)34-46-43(16)55(77)54(41(13)14)75(24)63(85)51(33-39(9)10)73(22)62(84)50(32-38(7)8)72(21)60(82)45(18)67-56(78)44(17)66-58(80)48(30-36(3)4)71(20)65(87)53(40(11)12)69-59(81)49(31-37(5)6)70(19)64(86)52(35-76)74(23)61(83)47(28-26-2)68-57(46)79/h25,27,36-54,76H,26,28-35H2,1-24H3,(H,66,80)(H,67,78)(H,68,79)(H,69,81)/b27-25+/t42-,43?,44-,45+,46+,47+,48-,49+,50+,51+,52-,53-,54+/m1/s1. The van der Waals surface area contributed by atoms with Crippen molar-refractivity contribution in [2.75, 3.05) is 48.9 Å². The maximum Gasteiger partial charge on any atom is 0.248 e. The third-order valence-corrected chi connectivity index (χ3v) is 16.9. The molecule has 0 radical (unpaired) electrons. The van der Waals surface area contributed by atoms with E-state index in [2.05, 4.69) is 21.3 Å². The summed E-state index contributed by atoms with van der Waals surface area (Å²) in [5.74, 6) is -10.8. The number of carbonyl (C=O) groups is 11. The van der Waals surface area contributed by atoms with Crippen molar-refractivity contribution in [3.63, 3.8) is 0 Å². The summed E-state index contributed by atoms with van der Waals surface area (Å²) < 4.78 is 0. The highest BCUT2D eigenvalue weighted by Crippen LogP contribution is 2.30. The molecule has 1 aliphatic heterocycles. The van der Waals surface area contributed by atoms with Crippen molar-refractivity contribution in [2.24, 2.45) is 53.3 Å². The molecule has 1 fully saturated rings. The Hall–Kier alpha value is -5.93. The summed E-state index contributed by atoms with van der Waals surface area (Å²) in [6.45, 7) is 31.3. The van der Waals surface area contributed by atoms with Crippen LogP contribution in [0.25, 0.3) is 0 Å². The molecule has 1 heterocycles. The normalized spacial score (nSPS) is 27.9. The molecule has 13 atom stereocenters. The van der Waals surface area contributed by atoms with E-state index in [1.807, 2.05) is 88.3 Å². The Morgan fingerprint density at radius 2 is 0.851 bits per heavy atom. The zero-order valence-corrected chi connectivity index (χ0v) is 57.6. The number of hydrogen-bond acceptors (Lipinski definition) is 12. The Balaban J connectivity index is 4.40. The quantitative estimate of drug-likeness (QED) is 0.120. The van der Waals surface area contributed by atoms with Gasteiger partial charge in [0.25, 0.3) is 0 Å². The lowest BCUT2D eigenvalue weighted by Crippen LogP contribution is -2.61. The highest BCUT2D eigenvalue weighted by Gasteiger charge is 2.45. The zero-order valence-electron chi connectivity index (χ0n) is 57.6. The molecule has 0 spiro atoms. The van der Waals surface area contributed by atoms with Crippen molar-refractivity contribution >= 4 is 64.9 Å². The average molecular weight is 1230 g/mol. The summed E-state index contributed by atoms with van der Waals surface area (Å²) in [6.07, 6.45) is 5.77. The molecular weight excluding hydrogens is 1110 g/mol. The van der Waals surface area contributed by atoms with E-state index in [-0.39, 0.29) is 68.1 Å². The first kappa shape index (κ1) is 79.1. The molecule has 1 saturated heterocycles. The van der Waals surface area contributed by atoms with Crippen molar-refractivity contribution in [1.82, 2.24) is 50.7 Å². The number of ketones is 1. The molecule has 5 N–H and O–H groups in total. The van der Waals surface area contributed by atoms with Gasteiger partial charge in [-0.2, -0.15) is 0 Å². The highest BCUT2D eigenvalue weighted by molar-refractivity contribution is 6.00. The van der Waals surface area contributed by atoms with Gasteiger partial charge in [0.15, 0.2) is 5.78 Å². The van der Waals surface area contributed by atoms with E-state index < -0.39 is 156 Å². The van der Waals surface area contributed by atoms with E-state index in [0.29, 0.717) is 12.8 Å². The maximum atomic E-state index is 15.3. The number of allylic oxidation sites excluding steroid dienone is 2. The van der Waals surface area contributed by atoms with E-state index in [4.69, 9.17) is 0 Å². The SMILES string of the molecule is C/C=C/C[C@@H](C)C[C@@H]1C(=O)N[C@@H](CCC)C(=O)N(C)[C@H](CO)C(=O)N(C)[C@@H](CC(C)C)C(=O)N[C@H](C(C)C)C(=O)N(C)[C@H](CC(C)C)C(=O)N[C@H](C)C(=O)N[C@@H](C)C(=O)N(C)[C@@H](CC(C)C)C(=O)N(C)[C@@H](CC(C)C)C(=O)N(C)[C@@H](C(C)C)C(=O)C1C. The van der Waals surface area contributed by atoms with Crippen LogP contribution < -0.4 is 21.3 Å². The van der Waals surface area contributed by atoms with Crippen LogP contribution in [0.3, 0.4) is 0 Å². The van der Waals surface area contributed by atoms with E-state index in [1.54, 1.807) is 34.6 Å². The number of aliphatic hydroxyl groups excluding tert-OH is 1. The van der Waals surface area contributed by atoms with Crippen LogP contribution in [0.1, 0.15) is 176 Å². The van der Waals surface area contributed by atoms with Crippen LogP contribution in [0.4, 0.5) is 0 Å². The van der Waals surface area contributed by atoms with Gasteiger partial charge in [0.05, 0.1) is 12.6 Å². The molecule has 0 aromatic rings. The molecule has 1 unspecified atom stereocenters. The Morgan fingerprint density at radius 3 is 1.29 bits per heavy atom. The number of carbonyl (C=O) groups excluding carboxylic acids is 11. The van der Waals surface area contributed by atoms with Gasteiger partial charge < -0.3 is 55.8 Å². The molecule has 0 aromatic carbocycles. The van der Waals surface area contributed by atoms with E-state index in [1.165, 1.54) is 75.7 Å². The third-order valence-electron chi connectivity index (χ3n) is 16.9. The smallest absolute Gasteiger partial charge is 0.248 e. The lowest BCUT2D eigenvalue weighted by molar-refractivity contribution is -0.154. The van der Waals surface area contributed by atoms with E-state index in [0.717, 1.165) is 9.80 Å². The minimum Gasteiger partial charge on any atom is -0.394 e. The highest BCUT2D eigenvalue weighted by atomic mass is 16.3. The Morgan fingerprint density at radius 1 is 0.448 bits per heavy atom. The van der Waals surface area contributed by atoms with Crippen LogP contribution in [-0.2, 0) is 52.7 Å². The van der Waals surface area contributed by atoms with Gasteiger partial charge in [0, 0.05) is 54.1 Å². The van der Waals surface area contributed by atoms with Crippen molar-refractivity contribution in [1.29, 1.82) is 0 Å². The molecule has 0 bridgehead atoms. The second kappa shape index (κ2) is 36.5. The monoisotopic (exact) mass is 1230 g/mol. The number of aliphatic hydroxyl groups is 1. The van der Waals surface area contributed by atoms with Gasteiger partial charge in [0.1, 0.15) is 54.4 Å². The Bertz CT molecular complexity index is 2360. The molecule has 87 heavy (non-hydrogen) atoms. The number of nitrogens with one attached hydrogen (secondary N) is 4. The lowest BCUT2D eigenvalue weighted by Gasteiger charge is -2.40. The number of Topliss-reactive ketones (excluding diaryl/α,β-unsaturated/α-hetero) is 1. The predicted molar refractivity (Wildman–Crippen MR) is 339 cm³/mol. The molecule has 0 aromatic heterocycles. The van der Waals surface area contributed by atoms with Crippen LogP contribution in [0.2, 0.25) is 0 Å². The third kappa shape index (κ3) is 22.6. The van der Waals surface area contributed by atoms with Crippen LogP contribution in [0, 0.1) is 53.3 Å². The second-order valence-corrected chi connectivity index (χ2v) is 27.1. The summed E-state index contributed by atoms with van der Waals surface area (Å²) in [6, 6.07) is -12.1. The maximum absolute atomic E-state index is 15.3. The van der Waals surface area contributed by atoms with Crippen LogP contribution in [0.5, 0.6) is 0 Å². The first-order valence-corrected chi connectivity index (χ1v) is 31.8. The van der Waals surface area contributed by atoms with Gasteiger partial charge >= 0.3 is 0 Å². The molecule has 498 valence electrons. The molecule has 22 nitrogen and oxygen atoms in total. The van der Waals surface area contributed by atoms with Gasteiger partial charge in [-0.3, -0.25) is 52.7 Å². The zero-order chi connectivity index (χ0) is 67.4. The van der Waals surface area contributed by atoms with Gasteiger partial charge in [0.2, 0.25) is 59.1 Å². The van der Waals surface area contributed by atoms with Crippen LogP contribution in [-0.4, -0.2) is 209 Å². The van der Waals surface area contributed by atoms with Crippen molar-refractivity contribution in [3.8, 4) is 0 Å². The molecular formula is C65H116N10O12. The molecule has 1 rings (SSSR count). The summed E-state index contributed by atoms with van der Waals surface area (Å²) in [5, 5.41) is 22.1. The Kier molecular flexibility index (Phi) is 33.2. The summed E-state index contributed by atoms with van der Waals surface area (Å²) >= 11 is 0. The largest absolute Gasteiger partial charge is 0.394 e. The van der Waals surface area contributed by atoms with Crippen LogP contribution >= 0.6 is 0 Å². The first-order chi connectivity index (χ1) is 40.2. The number of hydrogen-bond donors (Lipinski definition) is 5. The van der Waals surface area contributed by atoms with Gasteiger partial charge in [-0.05, 0) is 107 Å². The van der Waals surface area contributed by atoms with Gasteiger partial charge in [-0.1, -0.05) is 122 Å². The minimum atomic E-state index is -1.54.